The van der Waals surface area contributed by atoms with Gasteiger partial charge >= 0.3 is 5.97 Å². The number of rotatable bonds is 2. The maximum absolute atomic E-state index is 12.8. The molecule has 0 radical (unpaired) electrons. The van der Waals surface area contributed by atoms with Crippen LogP contribution in [0.4, 0.5) is 0 Å². The van der Waals surface area contributed by atoms with Gasteiger partial charge in [-0.25, -0.2) is 0 Å². The van der Waals surface area contributed by atoms with E-state index in [-0.39, 0.29) is 40.1 Å². The summed E-state index contributed by atoms with van der Waals surface area (Å²) >= 11 is 0. The first kappa shape index (κ1) is 25.7. The Bertz CT molecular complexity index is 941. The van der Waals surface area contributed by atoms with Crippen LogP contribution in [0.15, 0.2) is 11.6 Å². The molecule has 5 nitrogen and oxygen atoms in total. The standard InChI is InChI=1S/C30H48O5/c1-25(2)11-13-30(24(34)35)14-12-28(5)18(19(30)15-25)7-8-22-26(3)16-20(32)23(33)27(4,17-31)21(26)9-10-29(22,28)6/h7,19-23,31-33H,8-17H2,1-6H3,(H,34,35)/t19?,20?,21?,22?,23?,26-,27-,28+,29+,30-/m0/s1. The Hall–Kier alpha value is -0.910. The van der Waals surface area contributed by atoms with Gasteiger partial charge in [0, 0.05) is 5.41 Å². The second-order valence-corrected chi connectivity index (χ2v) is 15.1. The molecule has 5 rings (SSSR count). The topological polar surface area (TPSA) is 98.0 Å². The molecule has 5 heteroatoms. The molecule has 0 aromatic heterocycles. The highest BCUT2D eigenvalue weighted by Gasteiger charge is 2.70. The Morgan fingerprint density at radius 1 is 0.943 bits per heavy atom. The Balaban J connectivity index is 1.61. The summed E-state index contributed by atoms with van der Waals surface area (Å²) < 4.78 is 0. The van der Waals surface area contributed by atoms with Gasteiger partial charge < -0.3 is 20.4 Å². The van der Waals surface area contributed by atoms with E-state index in [0.717, 1.165) is 51.4 Å². The van der Waals surface area contributed by atoms with Gasteiger partial charge in [0.1, 0.15) is 0 Å². The molecule has 198 valence electrons. The number of hydrogen-bond donors (Lipinski definition) is 4. The van der Waals surface area contributed by atoms with Gasteiger partial charge in [0.25, 0.3) is 0 Å². The average Bonchev–Trinajstić information content (AvgIpc) is 2.77. The summed E-state index contributed by atoms with van der Waals surface area (Å²) in [4.78, 5) is 12.8. The van der Waals surface area contributed by atoms with Gasteiger partial charge in [-0.3, -0.25) is 4.79 Å². The van der Waals surface area contributed by atoms with E-state index in [1.54, 1.807) is 0 Å². The molecule has 4 fully saturated rings. The number of carboxylic acid groups (broad SMARTS) is 1. The number of allylic oxidation sites excluding steroid dienone is 2. The quantitative estimate of drug-likeness (QED) is 0.402. The van der Waals surface area contributed by atoms with Crippen LogP contribution >= 0.6 is 0 Å². The molecular weight excluding hydrogens is 440 g/mol. The first-order valence-corrected chi connectivity index (χ1v) is 14.0. The van der Waals surface area contributed by atoms with Crippen LogP contribution in [0, 0.1) is 50.2 Å². The van der Waals surface area contributed by atoms with Crippen molar-refractivity contribution in [3.63, 3.8) is 0 Å². The van der Waals surface area contributed by atoms with Gasteiger partial charge in [0.2, 0.25) is 0 Å². The Kier molecular flexibility index (Phi) is 5.56. The Morgan fingerprint density at radius 3 is 2.23 bits per heavy atom. The lowest BCUT2D eigenvalue weighted by Crippen LogP contribution is -2.68. The van der Waals surface area contributed by atoms with E-state index in [4.69, 9.17) is 0 Å². The smallest absolute Gasteiger partial charge is 0.310 e. The van der Waals surface area contributed by atoms with Crippen LogP contribution in [-0.2, 0) is 4.79 Å². The van der Waals surface area contributed by atoms with Crippen molar-refractivity contribution >= 4 is 5.97 Å². The third-order valence-electron chi connectivity index (χ3n) is 13.2. The molecule has 0 aromatic rings. The summed E-state index contributed by atoms with van der Waals surface area (Å²) in [6, 6.07) is 0. The van der Waals surface area contributed by atoms with E-state index in [1.165, 1.54) is 5.57 Å². The number of fused-ring (bicyclic) bond motifs is 7. The molecule has 0 heterocycles. The fourth-order valence-electron chi connectivity index (χ4n) is 10.8. The monoisotopic (exact) mass is 488 g/mol. The zero-order chi connectivity index (χ0) is 25.8. The number of carbonyl (C=O) groups is 1. The van der Waals surface area contributed by atoms with Crippen molar-refractivity contribution in [1.82, 2.24) is 0 Å². The van der Waals surface area contributed by atoms with Gasteiger partial charge in [-0.2, -0.15) is 0 Å². The largest absolute Gasteiger partial charge is 0.481 e. The predicted octanol–water partition coefficient (Wildman–Crippen LogP) is 5.18. The number of aliphatic carboxylic acids is 1. The van der Waals surface area contributed by atoms with E-state index >= 15 is 0 Å². The zero-order valence-electron chi connectivity index (χ0n) is 22.7. The predicted molar refractivity (Wildman–Crippen MR) is 135 cm³/mol. The van der Waals surface area contributed by atoms with Crippen LogP contribution < -0.4 is 0 Å². The Labute approximate surface area is 211 Å². The molecule has 10 atom stereocenters. The van der Waals surface area contributed by atoms with Gasteiger partial charge in [-0.05, 0) is 97.2 Å². The summed E-state index contributed by atoms with van der Waals surface area (Å²) in [6.45, 7) is 13.6. The molecule has 4 saturated carbocycles. The third-order valence-corrected chi connectivity index (χ3v) is 13.2. The molecule has 5 unspecified atom stereocenters. The highest BCUT2D eigenvalue weighted by Crippen LogP contribution is 2.75. The first-order chi connectivity index (χ1) is 16.1. The highest BCUT2D eigenvalue weighted by molar-refractivity contribution is 5.76. The van der Waals surface area contributed by atoms with E-state index in [0.29, 0.717) is 12.3 Å². The highest BCUT2D eigenvalue weighted by atomic mass is 16.4. The molecule has 5 aliphatic rings. The van der Waals surface area contributed by atoms with Crippen LogP contribution in [0.2, 0.25) is 0 Å². The van der Waals surface area contributed by atoms with Gasteiger partial charge in [-0.1, -0.05) is 53.2 Å². The van der Waals surface area contributed by atoms with E-state index in [2.05, 4.69) is 40.7 Å². The second-order valence-electron chi connectivity index (χ2n) is 15.1. The van der Waals surface area contributed by atoms with Crippen molar-refractivity contribution in [2.45, 2.75) is 112 Å². The van der Waals surface area contributed by atoms with Crippen LogP contribution in [0.3, 0.4) is 0 Å². The van der Waals surface area contributed by atoms with Gasteiger partial charge in [0.05, 0.1) is 24.2 Å². The van der Waals surface area contributed by atoms with Crippen molar-refractivity contribution in [1.29, 1.82) is 0 Å². The molecule has 35 heavy (non-hydrogen) atoms. The molecule has 4 N–H and O–H groups in total. The first-order valence-electron chi connectivity index (χ1n) is 14.0. The summed E-state index contributed by atoms with van der Waals surface area (Å²) in [5.74, 6) is -0.0472. The molecule has 0 amide bonds. The van der Waals surface area contributed by atoms with Crippen LogP contribution in [0.1, 0.15) is 99.3 Å². The lowest BCUT2D eigenvalue weighted by molar-refractivity contribution is -0.243. The molecule has 0 saturated heterocycles. The van der Waals surface area contributed by atoms with E-state index in [9.17, 15) is 25.2 Å². The molecule has 0 spiro atoms. The zero-order valence-corrected chi connectivity index (χ0v) is 22.7. The summed E-state index contributed by atoms with van der Waals surface area (Å²) in [5.41, 5.74) is -0.0632. The SMILES string of the molecule is CC1(C)CC[C@]2(C(=O)O)CC[C@]3(C)C(=CCC4[C@@]5(C)CC(O)C(O)[C@@](C)(CO)C5CC[C@]43C)C2C1. The number of carboxylic acids is 1. The fourth-order valence-corrected chi connectivity index (χ4v) is 10.8. The van der Waals surface area contributed by atoms with Gasteiger partial charge in [0.15, 0.2) is 0 Å². The minimum absolute atomic E-state index is 0.00698. The normalized spacial score (nSPS) is 55.0. The van der Waals surface area contributed by atoms with Crippen LogP contribution in [-0.4, -0.2) is 45.2 Å². The van der Waals surface area contributed by atoms with Crippen molar-refractivity contribution in [3.8, 4) is 0 Å². The summed E-state index contributed by atoms with van der Waals surface area (Å²) in [7, 11) is 0. The minimum Gasteiger partial charge on any atom is -0.481 e. The van der Waals surface area contributed by atoms with Crippen LogP contribution in [0.5, 0.6) is 0 Å². The van der Waals surface area contributed by atoms with Crippen molar-refractivity contribution in [3.05, 3.63) is 11.6 Å². The lowest BCUT2D eigenvalue weighted by atomic mass is 9.33. The summed E-state index contributed by atoms with van der Waals surface area (Å²) in [6.07, 6.45) is 8.40. The number of hydrogen-bond acceptors (Lipinski definition) is 4. The third kappa shape index (κ3) is 3.07. The second kappa shape index (κ2) is 7.57. The average molecular weight is 489 g/mol. The van der Waals surface area contributed by atoms with E-state index < -0.39 is 29.0 Å². The molecule has 5 aliphatic carbocycles. The van der Waals surface area contributed by atoms with Crippen LogP contribution in [0.25, 0.3) is 0 Å². The Morgan fingerprint density at radius 2 is 1.60 bits per heavy atom. The molecule has 0 aromatic carbocycles. The number of aliphatic hydroxyl groups excluding tert-OH is 3. The van der Waals surface area contributed by atoms with Crippen molar-refractivity contribution in [2.75, 3.05) is 6.61 Å². The number of aliphatic hydroxyl groups is 3. The lowest BCUT2D eigenvalue weighted by Gasteiger charge is -2.71. The molecular formula is C30H48O5. The maximum atomic E-state index is 12.8. The van der Waals surface area contributed by atoms with Crippen molar-refractivity contribution < 1.29 is 25.2 Å². The minimum atomic E-state index is -0.907. The van der Waals surface area contributed by atoms with Crippen molar-refractivity contribution in [2.24, 2.45) is 50.2 Å². The van der Waals surface area contributed by atoms with E-state index in [1.807, 2.05) is 6.92 Å². The fraction of sp³-hybridized carbons (Fsp3) is 0.900. The molecule has 0 aliphatic heterocycles. The van der Waals surface area contributed by atoms with Gasteiger partial charge in [-0.15, -0.1) is 0 Å². The molecule has 0 bridgehead atoms. The maximum Gasteiger partial charge on any atom is 0.310 e. The summed E-state index contributed by atoms with van der Waals surface area (Å²) in [5, 5.41) is 42.8.